The van der Waals surface area contributed by atoms with Gasteiger partial charge in [0.05, 0.1) is 18.1 Å². The van der Waals surface area contributed by atoms with Crippen molar-refractivity contribution >= 4 is 23.7 Å². The number of anilines is 1. The van der Waals surface area contributed by atoms with E-state index in [9.17, 15) is 19.5 Å². The Balaban J connectivity index is 2.02. The number of nitrogens with one attached hydrogen (secondary N) is 1. The van der Waals surface area contributed by atoms with Gasteiger partial charge in [0.1, 0.15) is 12.0 Å². The number of furan rings is 1. The van der Waals surface area contributed by atoms with Gasteiger partial charge in [0.25, 0.3) is 0 Å². The third-order valence-electron chi connectivity index (χ3n) is 4.77. The van der Waals surface area contributed by atoms with Gasteiger partial charge < -0.3 is 29.3 Å². The first-order valence-corrected chi connectivity index (χ1v) is 9.38. The molecule has 1 aromatic heterocycles. The number of carbonyl (C=O) groups excluding carboxylic acids is 3. The molecule has 0 radical (unpaired) electrons. The van der Waals surface area contributed by atoms with Crippen molar-refractivity contribution in [3.63, 3.8) is 0 Å². The minimum atomic E-state index is -1.33. The van der Waals surface area contributed by atoms with Crippen LogP contribution < -0.4 is 15.3 Å². The second-order valence-electron chi connectivity index (χ2n) is 7.39. The van der Waals surface area contributed by atoms with Crippen molar-refractivity contribution in [2.24, 2.45) is 0 Å². The lowest BCUT2D eigenvalue weighted by molar-refractivity contribution is -0.255. The first-order valence-electron chi connectivity index (χ1n) is 9.38. The minimum absolute atomic E-state index is 0.0631. The Hall–Kier alpha value is -3.29. The number of alkyl carbamates (subject to hydrolysis) is 1. The predicted molar refractivity (Wildman–Crippen MR) is 103 cm³/mol. The predicted octanol–water partition coefficient (Wildman–Crippen LogP) is 2.63. The van der Waals surface area contributed by atoms with Crippen LogP contribution in [0, 0.1) is 0 Å². The summed E-state index contributed by atoms with van der Waals surface area (Å²) in [4.78, 5) is 37.1. The number of carboxylic acids is 1. The molecule has 1 N–H and O–H groups in total. The third kappa shape index (κ3) is 4.26. The molecule has 3 rings (SSSR count). The number of aromatic carboxylic acids is 1. The number of hydrogen-bond acceptors (Lipinski definition) is 6. The van der Waals surface area contributed by atoms with Crippen LogP contribution in [0.2, 0.25) is 0 Å². The lowest BCUT2D eigenvalue weighted by Crippen LogP contribution is -2.45. The topological polar surface area (TPSA) is 112 Å². The van der Waals surface area contributed by atoms with Crippen LogP contribution in [0.3, 0.4) is 0 Å². The van der Waals surface area contributed by atoms with E-state index >= 15 is 0 Å². The molecule has 0 spiro atoms. The Labute approximate surface area is 168 Å². The number of fused-ring (bicyclic) bond motifs is 1. The van der Waals surface area contributed by atoms with Crippen LogP contribution in [0.25, 0.3) is 11.3 Å². The normalized spacial score (nSPS) is 18.3. The second kappa shape index (κ2) is 7.98. The number of nitrogens with zero attached hydrogens (tertiary/aromatic N) is 1. The first kappa shape index (κ1) is 20.4. The maximum absolute atomic E-state index is 12.2. The van der Waals surface area contributed by atoms with E-state index in [0.29, 0.717) is 23.4 Å². The fraction of sp³-hybridized carbons (Fsp3) is 0.381. The molecule has 2 amide bonds. The van der Waals surface area contributed by atoms with Crippen molar-refractivity contribution in [1.29, 1.82) is 0 Å². The lowest BCUT2D eigenvalue weighted by Gasteiger charge is -2.39. The highest BCUT2D eigenvalue weighted by Crippen LogP contribution is 2.40. The third-order valence-corrected chi connectivity index (χ3v) is 4.77. The van der Waals surface area contributed by atoms with E-state index in [1.807, 2.05) is 6.92 Å². The Bertz CT molecular complexity index is 948. The molecule has 2 atom stereocenters. The van der Waals surface area contributed by atoms with Crippen molar-refractivity contribution in [3.05, 3.63) is 41.7 Å². The highest BCUT2D eigenvalue weighted by atomic mass is 16.6. The zero-order valence-corrected chi connectivity index (χ0v) is 16.7. The van der Waals surface area contributed by atoms with Gasteiger partial charge in [0.2, 0.25) is 5.91 Å². The minimum Gasteiger partial charge on any atom is -0.545 e. The monoisotopic (exact) mass is 399 g/mol. The van der Waals surface area contributed by atoms with Gasteiger partial charge >= 0.3 is 6.09 Å². The molecule has 8 heteroatoms. The molecule has 0 aliphatic carbocycles. The number of amides is 2. The van der Waals surface area contributed by atoms with Gasteiger partial charge in [0, 0.05) is 29.8 Å². The number of carbonyl (C=O) groups is 3. The Morgan fingerprint density at radius 2 is 2.00 bits per heavy atom. The Kier molecular flexibility index (Phi) is 5.63. The summed E-state index contributed by atoms with van der Waals surface area (Å²) in [7, 11) is 0. The van der Waals surface area contributed by atoms with E-state index in [1.165, 1.54) is 13.0 Å². The van der Waals surface area contributed by atoms with Gasteiger partial charge in [-0.15, -0.1) is 0 Å². The molecular weight excluding hydrogens is 376 g/mol. The van der Waals surface area contributed by atoms with Crippen LogP contribution in [0.5, 0.6) is 0 Å². The standard InChI is InChI=1S/C21H24N2O6/c1-11(2)29-21(27)22-17-7-12(3)23(13(4)24)18-6-5-14(8-16(17)18)19-9-15(10-28-19)20(25)26/h5-6,8-12,17H,7H2,1-4H3,(H,22,27)(H,25,26)/p-1/t12?,17-/m0/s1. The SMILES string of the molecule is CC(=O)N1c2ccc(-c3cc(C(=O)[O-])co3)cc2[C@@H](NC(=O)OC(C)C)CC1C. The number of benzene rings is 1. The fourth-order valence-electron chi connectivity index (χ4n) is 3.62. The summed E-state index contributed by atoms with van der Waals surface area (Å²) in [6.07, 6.45) is 0.818. The zero-order chi connectivity index (χ0) is 21.3. The van der Waals surface area contributed by atoms with Crippen LogP contribution in [0.1, 0.15) is 56.1 Å². The van der Waals surface area contributed by atoms with Gasteiger partial charge in [-0.3, -0.25) is 4.79 Å². The number of rotatable bonds is 4. The van der Waals surface area contributed by atoms with Gasteiger partial charge in [-0.1, -0.05) is 0 Å². The van der Waals surface area contributed by atoms with E-state index in [2.05, 4.69) is 5.32 Å². The van der Waals surface area contributed by atoms with Gasteiger partial charge in [-0.05, 0) is 57.0 Å². The molecule has 8 nitrogen and oxygen atoms in total. The molecule has 0 saturated carbocycles. The molecule has 29 heavy (non-hydrogen) atoms. The summed E-state index contributed by atoms with van der Waals surface area (Å²) in [5.41, 5.74) is 1.97. The van der Waals surface area contributed by atoms with Crippen LogP contribution in [0.4, 0.5) is 10.5 Å². The van der Waals surface area contributed by atoms with E-state index in [1.54, 1.807) is 36.9 Å². The maximum Gasteiger partial charge on any atom is 0.407 e. The largest absolute Gasteiger partial charge is 0.545 e. The quantitative estimate of drug-likeness (QED) is 0.846. The zero-order valence-electron chi connectivity index (χ0n) is 16.7. The average Bonchev–Trinajstić information content (AvgIpc) is 3.10. The lowest BCUT2D eigenvalue weighted by atomic mass is 9.90. The van der Waals surface area contributed by atoms with E-state index < -0.39 is 12.1 Å². The van der Waals surface area contributed by atoms with Crippen molar-refractivity contribution < 1.29 is 28.6 Å². The highest BCUT2D eigenvalue weighted by Gasteiger charge is 2.34. The molecule has 1 aliphatic rings. The van der Waals surface area contributed by atoms with Crippen LogP contribution >= 0.6 is 0 Å². The van der Waals surface area contributed by atoms with E-state index in [4.69, 9.17) is 9.15 Å². The van der Waals surface area contributed by atoms with E-state index in [-0.39, 0.29) is 29.7 Å². The highest BCUT2D eigenvalue weighted by molar-refractivity contribution is 5.94. The molecule has 2 heterocycles. The van der Waals surface area contributed by atoms with E-state index in [0.717, 1.165) is 11.8 Å². The van der Waals surface area contributed by atoms with Crippen molar-refractivity contribution in [2.45, 2.75) is 52.3 Å². The summed E-state index contributed by atoms with van der Waals surface area (Å²) in [5, 5.41) is 13.9. The molecule has 154 valence electrons. The van der Waals surface area contributed by atoms with Crippen molar-refractivity contribution in [2.75, 3.05) is 4.90 Å². The molecular formula is C21H23N2O6-. The average molecular weight is 399 g/mol. The summed E-state index contributed by atoms with van der Waals surface area (Å²) in [6.45, 7) is 6.93. The van der Waals surface area contributed by atoms with Crippen LogP contribution in [-0.2, 0) is 9.53 Å². The number of hydrogen-bond donors (Lipinski definition) is 1. The number of carboxylic acid groups (broad SMARTS) is 1. The first-order chi connectivity index (χ1) is 13.7. The maximum atomic E-state index is 12.2. The van der Waals surface area contributed by atoms with Gasteiger partial charge in [-0.2, -0.15) is 0 Å². The summed E-state index contributed by atoms with van der Waals surface area (Å²) in [6, 6.07) is 6.18. The summed E-state index contributed by atoms with van der Waals surface area (Å²) < 4.78 is 10.6. The molecule has 2 aromatic rings. The number of ether oxygens (including phenoxy) is 1. The fourth-order valence-corrected chi connectivity index (χ4v) is 3.62. The van der Waals surface area contributed by atoms with Crippen LogP contribution in [-0.4, -0.2) is 30.1 Å². The Morgan fingerprint density at radius 1 is 1.28 bits per heavy atom. The van der Waals surface area contributed by atoms with Gasteiger partial charge in [0.15, 0.2) is 0 Å². The van der Waals surface area contributed by atoms with Crippen molar-refractivity contribution in [3.8, 4) is 11.3 Å². The smallest absolute Gasteiger partial charge is 0.407 e. The van der Waals surface area contributed by atoms with Crippen LogP contribution in [0.15, 0.2) is 34.9 Å². The molecule has 0 saturated heterocycles. The molecule has 1 aromatic carbocycles. The Morgan fingerprint density at radius 3 is 2.59 bits per heavy atom. The molecule has 1 unspecified atom stereocenters. The van der Waals surface area contributed by atoms with Crippen molar-refractivity contribution in [1.82, 2.24) is 5.32 Å². The van der Waals surface area contributed by atoms with Gasteiger partial charge in [-0.25, -0.2) is 4.79 Å². The summed E-state index contributed by atoms with van der Waals surface area (Å²) in [5.74, 6) is -1.08. The summed E-state index contributed by atoms with van der Waals surface area (Å²) >= 11 is 0. The molecule has 0 fully saturated rings. The second-order valence-corrected chi connectivity index (χ2v) is 7.39. The molecule has 1 aliphatic heterocycles. The molecule has 0 bridgehead atoms.